The summed E-state index contributed by atoms with van der Waals surface area (Å²) in [5.74, 6) is -0.866. The molecule has 0 spiro atoms. The van der Waals surface area contributed by atoms with E-state index in [1.165, 1.54) is 4.90 Å². The molecule has 0 bridgehead atoms. The number of carbonyl (C=O) groups is 2. The average Bonchev–Trinajstić information content (AvgIpc) is 2.83. The highest BCUT2D eigenvalue weighted by Crippen LogP contribution is 2.19. The molecule has 1 heterocycles. The predicted molar refractivity (Wildman–Crippen MR) is 90.8 cm³/mol. The lowest BCUT2D eigenvalue weighted by Gasteiger charge is -2.23. The molecule has 1 atom stereocenters. The van der Waals surface area contributed by atoms with Gasteiger partial charge in [0.1, 0.15) is 0 Å². The zero-order valence-electron chi connectivity index (χ0n) is 14.5. The lowest BCUT2D eigenvalue weighted by Crippen LogP contribution is -2.40. The van der Waals surface area contributed by atoms with Gasteiger partial charge < -0.3 is 9.64 Å². The molecule has 0 aliphatic carbocycles. The van der Waals surface area contributed by atoms with Crippen LogP contribution in [0.15, 0.2) is 12.1 Å². The van der Waals surface area contributed by atoms with Gasteiger partial charge in [0.2, 0.25) is 0 Å². The summed E-state index contributed by atoms with van der Waals surface area (Å²) in [5.41, 5.74) is 3.14. The molecule has 1 fully saturated rings. The lowest BCUT2D eigenvalue weighted by atomic mass is 10.00. The number of hydrogen-bond donors (Lipinski definition) is 0. The normalized spacial score (nSPS) is 19.1. The second-order valence-corrected chi connectivity index (χ2v) is 8.64. The minimum absolute atomic E-state index is 0.0284. The van der Waals surface area contributed by atoms with E-state index in [2.05, 4.69) is 0 Å². The van der Waals surface area contributed by atoms with E-state index in [1.54, 1.807) is 7.05 Å². The summed E-state index contributed by atoms with van der Waals surface area (Å²) >= 11 is 0. The number of carbonyl (C=O) groups excluding carboxylic acids is 2. The summed E-state index contributed by atoms with van der Waals surface area (Å²) in [5, 5.41) is 0. The molecule has 0 radical (unpaired) electrons. The van der Waals surface area contributed by atoms with Crippen molar-refractivity contribution in [1.82, 2.24) is 4.90 Å². The molecule has 1 aliphatic rings. The summed E-state index contributed by atoms with van der Waals surface area (Å²) in [4.78, 5) is 25.8. The second-order valence-electron chi connectivity index (χ2n) is 6.41. The van der Waals surface area contributed by atoms with Gasteiger partial charge in [0.25, 0.3) is 5.91 Å². The quantitative estimate of drug-likeness (QED) is 0.765. The number of benzene rings is 1. The number of esters is 1. The summed E-state index contributed by atoms with van der Waals surface area (Å²) in [7, 11) is -1.52. The molecule has 2 rings (SSSR count). The van der Waals surface area contributed by atoms with Crippen LogP contribution in [-0.2, 0) is 19.4 Å². The van der Waals surface area contributed by atoms with Crippen molar-refractivity contribution in [1.29, 1.82) is 0 Å². The Morgan fingerprint density at radius 3 is 2.29 bits per heavy atom. The monoisotopic (exact) mass is 353 g/mol. The molecule has 1 amide bonds. The van der Waals surface area contributed by atoms with E-state index in [4.69, 9.17) is 4.74 Å². The maximum atomic E-state index is 12.3. The fourth-order valence-corrected chi connectivity index (χ4v) is 4.86. The maximum Gasteiger partial charge on any atom is 0.339 e. The fraction of sp³-hybridized carbons (Fsp3) is 0.529. The highest BCUT2D eigenvalue weighted by Gasteiger charge is 2.33. The SMILES string of the molecule is Cc1cc(C)c(C(=O)OCC(=O)N(C)[C@@H]2CCS(=O)(=O)C2)c(C)c1. The number of likely N-dealkylation sites (N-methyl/N-ethyl adjacent to an activating group) is 1. The van der Waals surface area contributed by atoms with Crippen molar-refractivity contribution in [2.75, 3.05) is 25.2 Å². The average molecular weight is 353 g/mol. The predicted octanol–water partition coefficient (Wildman–Crippen LogP) is 1.41. The van der Waals surface area contributed by atoms with Crippen LogP contribution in [0, 0.1) is 20.8 Å². The van der Waals surface area contributed by atoms with Crippen LogP contribution < -0.4 is 0 Å². The Labute approximate surface area is 142 Å². The Balaban J connectivity index is 1.98. The largest absolute Gasteiger partial charge is 0.452 e. The van der Waals surface area contributed by atoms with Crippen molar-refractivity contribution in [3.8, 4) is 0 Å². The molecule has 7 heteroatoms. The van der Waals surface area contributed by atoms with Crippen LogP contribution in [-0.4, -0.2) is 56.4 Å². The van der Waals surface area contributed by atoms with Crippen molar-refractivity contribution in [3.63, 3.8) is 0 Å². The Morgan fingerprint density at radius 1 is 1.21 bits per heavy atom. The second kappa shape index (κ2) is 6.93. The first-order valence-electron chi connectivity index (χ1n) is 7.82. The zero-order chi connectivity index (χ0) is 18.1. The van der Waals surface area contributed by atoms with Gasteiger partial charge in [-0.15, -0.1) is 0 Å². The number of amides is 1. The first kappa shape index (κ1) is 18.4. The summed E-state index contributed by atoms with van der Waals surface area (Å²) < 4.78 is 28.1. The fourth-order valence-electron chi connectivity index (χ4n) is 3.09. The molecular weight excluding hydrogens is 330 g/mol. The van der Waals surface area contributed by atoms with Crippen LogP contribution in [0.3, 0.4) is 0 Å². The van der Waals surface area contributed by atoms with Gasteiger partial charge in [0.05, 0.1) is 17.1 Å². The number of nitrogens with zero attached hydrogens (tertiary/aromatic N) is 1. The summed E-state index contributed by atoms with van der Waals surface area (Å²) in [6.07, 6.45) is 0.425. The maximum absolute atomic E-state index is 12.3. The third-order valence-electron chi connectivity index (χ3n) is 4.36. The third kappa shape index (κ3) is 4.14. The molecule has 1 aromatic rings. The van der Waals surface area contributed by atoms with Crippen LogP contribution in [0.4, 0.5) is 0 Å². The van der Waals surface area contributed by atoms with Gasteiger partial charge in [0, 0.05) is 13.1 Å². The van der Waals surface area contributed by atoms with Crippen molar-refractivity contribution < 1.29 is 22.7 Å². The number of hydrogen-bond acceptors (Lipinski definition) is 5. The topological polar surface area (TPSA) is 80.8 Å². The van der Waals surface area contributed by atoms with E-state index >= 15 is 0 Å². The van der Waals surface area contributed by atoms with Crippen LogP contribution in [0.5, 0.6) is 0 Å². The van der Waals surface area contributed by atoms with E-state index in [0.29, 0.717) is 12.0 Å². The van der Waals surface area contributed by atoms with E-state index in [1.807, 2.05) is 32.9 Å². The Hall–Kier alpha value is -1.89. The number of ether oxygens (including phenoxy) is 1. The Kier molecular flexibility index (Phi) is 5.32. The summed E-state index contributed by atoms with van der Waals surface area (Å²) in [6, 6.07) is 3.44. The van der Waals surface area contributed by atoms with Crippen LogP contribution in [0.25, 0.3) is 0 Å². The first-order chi connectivity index (χ1) is 11.1. The van der Waals surface area contributed by atoms with E-state index < -0.39 is 28.3 Å². The van der Waals surface area contributed by atoms with Gasteiger partial charge in [-0.2, -0.15) is 0 Å². The van der Waals surface area contributed by atoms with Gasteiger partial charge in [-0.1, -0.05) is 17.7 Å². The van der Waals surface area contributed by atoms with Gasteiger partial charge in [-0.25, -0.2) is 13.2 Å². The number of aryl methyl sites for hydroxylation is 3. The molecular formula is C17H23NO5S. The molecule has 1 aliphatic heterocycles. The number of sulfone groups is 1. The summed E-state index contributed by atoms with van der Waals surface area (Å²) in [6.45, 7) is 5.21. The molecule has 0 unspecified atom stereocenters. The molecule has 24 heavy (non-hydrogen) atoms. The van der Waals surface area contributed by atoms with Gasteiger partial charge in [-0.05, 0) is 38.3 Å². The standard InChI is InChI=1S/C17H23NO5S/c1-11-7-12(2)16(13(3)8-11)17(20)23-9-15(19)18(4)14-5-6-24(21,22)10-14/h7-8,14H,5-6,9-10H2,1-4H3/t14-/m1/s1. The molecule has 0 N–H and O–H groups in total. The van der Waals surface area contributed by atoms with E-state index in [0.717, 1.165) is 16.7 Å². The van der Waals surface area contributed by atoms with Crippen molar-refractivity contribution >= 4 is 21.7 Å². The van der Waals surface area contributed by atoms with Crippen molar-refractivity contribution in [3.05, 3.63) is 34.4 Å². The minimum atomic E-state index is -3.07. The molecule has 0 saturated carbocycles. The van der Waals surface area contributed by atoms with Gasteiger partial charge >= 0.3 is 5.97 Å². The van der Waals surface area contributed by atoms with E-state index in [9.17, 15) is 18.0 Å². The van der Waals surface area contributed by atoms with Crippen molar-refractivity contribution in [2.24, 2.45) is 0 Å². The number of rotatable bonds is 4. The highest BCUT2D eigenvalue weighted by molar-refractivity contribution is 7.91. The molecule has 0 aromatic heterocycles. The Morgan fingerprint density at radius 2 is 1.79 bits per heavy atom. The highest BCUT2D eigenvalue weighted by atomic mass is 32.2. The Bertz CT molecular complexity index is 746. The third-order valence-corrected chi connectivity index (χ3v) is 6.11. The molecule has 1 aromatic carbocycles. The van der Waals surface area contributed by atoms with Crippen LogP contribution >= 0.6 is 0 Å². The smallest absolute Gasteiger partial charge is 0.339 e. The lowest BCUT2D eigenvalue weighted by molar-refractivity contribution is -0.134. The zero-order valence-corrected chi connectivity index (χ0v) is 15.3. The van der Waals surface area contributed by atoms with Crippen LogP contribution in [0.2, 0.25) is 0 Å². The minimum Gasteiger partial charge on any atom is -0.452 e. The van der Waals surface area contributed by atoms with E-state index in [-0.39, 0.29) is 17.5 Å². The van der Waals surface area contributed by atoms with Gasteiger partial charge in [-0.3, -0.25) is 4.79 Å². The first-order valence-corrected chi connectivity index (χ1v) is 9.64. The molecule has 132 valence electrons. The molecule has 6 nitrogen and oxygen atoms in total. The van der Waals surface area contributed by atoms with Gasteiger partial charge in [0.15, 0.2) is 16.4 Å². The van der Waals surface area contributed by atoms with Crippen molar-refractivity contribution in [2.45, 2.75) is 33.2 Å². The van der Waals surface area contributed by atoms with Crippen LogP contribution in [0.1, 0.15) is 33.5 Å². The molecule has 1 saturated heterocycles.